The van der Waals surface area contributed by atoms with Crippen LogP contribution in [0.5, 0.6) is 5.75 Å². The Balaban J connectivity index is 1.52. The number of halogens is 2. The van der Waals surface area contributed by atoms with E-state index in [0.29, 0.717) is 11.7 Å². The molecule has 1 N–H and O–H groups in total. The van der Waals surface area contributed by atoms with Gasteiger partial charge in [-0.05, 0) is 73.5 Å². The molecule has 128 valence electrons. The van der Waals surface area contributed by atoms with Crippen molar-refractivity contribution in [1.82, 2.24) is 4.90 Å². The lowest BCUT2D eigenvalue weighted by atomic mass is 9.91. The Bertz CT molecular complexity index is 689. The Morgan fingerprint density at radius 2 is 1.92 bits per heavy atom. The first kappa shape index (κ1) is 16.9. The first-order valence-electron chi connectivity index (χ1n) is 8.54. The summed E-state index contributed by atoms with van der Waals surface area (Å²) in [7, 11) is 0. The monoisotopic (exact) mass is 331 g/mol. The van der Waals surface area contributed by atoms with E-state index >= 15 is 0 Å². The van der Waals surface area contributed by atoms with E-state index in [4.69, 9.17) is 0 Å². The van der Waals surface area contributed by atoms with Crippen LogP contribution in [0.15, 0.2) is 42.5 Å². The second-order valence-electron chi connectivity index (χ2n) is 6.70. The topological polar surface area (TPSA) is 23.5 Å². The standard InChI is InChI=1S/C20H23F2NO/c21-19-9-8-15(12-20(19)22)6-7-16-4-2-10-23(13-16)14-17-3-1-5-18(24)11-17/h1,3,5,8-9,11-12,16,24H,2,4,6-7,10,13-14H2. The Morgan fingerprint density at radius 3 is 2.71 bits per heavy atom. The highest BCUT2D eigenvalue weighted by Gasteiger charge is 2.20. The maximum Gasteiger partial charge on any atom is 0.159 e. The minimum Gasteiger partial charge on any atom is -0.508 e. The van der Waals surface area contributed by atoms with Crippen LogP contribution in [0.2, 0.25) is 0 Å². The number of rotatable bonds is 5. The molecule has 3 rings (SSSR count). The second-order valence-corrected chi connectivity index (χ2v) is 6.70. The van der Waals surface area contributed by atoms with E-state index in [-0.39, 0.29) is 0 Å². The van der Waals surface area contributed by atoms with E-state index in [1.54, 1.807) is 12.1 Å². The molecule has 4 heteroatoms. The van der Waals surface area contributed by atoms with Crippen LogP contribution < -0.4 is 0 Å². The maximum atomic E-state index is 13.3. The molecule has 0 radical (unpaired) electrons. The molecule has 1 unspecified atom stereocenters. The molecule has 0 spiro atoms. The summed E-state index contributed by atoms with van der Waals surface area (Å²) >= 11 is 0. The zero-order valence-electron chi connectivity index (χ0n) is 13.7. The van der Waals surface area contributed by atoms with Crippen molar-refractivity contribution in [2.24, 2.45) is 5.92 Å². The summed E-state index contributed by atoms with van der Waals surface area (Å²) in [5.41, 5.74) is 1.98. The molecule has 0 saturated carbocycles. The third kappa shape index (κ3) is 4.54. The molecule has 1 fully saturated rings. The van der Waals surface area contributed by atoms with E-state index in [9.17, 15) is 13.9 Å². The van der Waals surface area contributed by atoms with E-state index in [0.717, 1.165) is 50.0 Å². The van der Waals surface area contributed by atoms with Gasteiger partial charge in [0, 0.05) is 13.1 Å². The first-order valence-corrected chi connectivity index (χ1v) is 8.54. The highest BCUT2D eigenvalue weighted by molar-refractivity contribution is 5.27. The fourth-order valence-corrected chi connectivity index (χ4v) is 3.51. The van der Waals surface area contributed by atoms with Gasteiger partial charge in [-0.15, -0.1) is 0 Å². The van der Waals surface area contributed by atoms with Gasteiger partial charge in [-0.3, -0.25) is 4.90 Å². The second kappa shape index (κ2) is 7.75. The third-order valence-corrected chi connectivity index (χ3v) is 4.75. The fourth-order valence-electron chi connectivity index (χ4n) is 3.51. The van der Waals surface area contributed by atoms with Crippen LogP contribution in [-0.4, -0.2) is 23.1 Å². The van der Waals surface area contributed by atoms with Gasteiger partial charge in [0.25, 0.3) is 0 Å². The largest absolute Gasteiger partial charge is 0.508 e. The van der Waals surface area contributed by atoms with Gasteiger partial charge in [-0.1, -0.05) is 18.2 Å². The number of benzene rings is 2. The van der Waals surface area contributed by atoms with Gasteiger partial charge in [-0.2, -0.15) is 0 Å². The van der Waals surface area contributed by atoms with Crippen molar-refractivity contribution in [2.75, 3.05) is 13.1 Å². The molecule has 1 aliphatic rings. The number of piperidine rings is 1. The van der Waals surface area contributed by atoms with Crippen LogP contribution in [0.1, 0.15) is 30.4 Å². The smallest absolute Gasteiger partial charge is 0.159 e. The lowest BCUT2D eigenvalue weighted by Gasteiger charge is -2.33. The molecular formula is C20H23F2NO. The number of aryl methyl sites for hydroxylation is 1. The molecule has 0 amide bonds. The van der Waals surface area contributed by atoms with Gasteiger partial charge >= 0.3 is 0 Å². The van der Waals surface area contributed by atoms with Crippen molar-refractivity contribution in [3.63, 3.8) is 0 Å². The number of likely N-dealkylation sites (tertiary alicyclic amines) is 1. The maximum absolute atomic E-state index is 13.3. The Labute approximate surface area is 141 Å². The van der Waals surface area contributed by atoms with Gasteiger partial charge in [0.2, 0.25) is 0 Å². The predicted molar refractivity (Wildman–Crippen MR) is 90.8 cm³/mol. The molecule has 1 saturated heterocycles. The molecule has 24 heavy (non-hydrogen) atoms. The van der Waals surface area contributed by atoms with Gasteiger partial charge < -0.3 is 5.11 Å². The number of aromatic hydroxyl groups is 1. The van der Waals surface area contributed by atoms with Crippen molar-refractivity contribution in [2.45, 2.75) is 32.2 Å². The highest BCUT2D eigenvalue weighted by Crippen LogP contribution is 2.24. The van der Waals surface area contributed by atoms with Gasteiger partial charge in [-0.25, -0.2) is 8.78 Å². The first-order chi connectivity index (χ1) is 11.6. The van der Waals surface area contributed by atoms with Crippen molar-refractivity contribution >= 4 is 0 Å². The van der Waals surface area contributed by atoms with Crippen LogP contribution in [0, 0.1) is 17.6 Å². The SMILES string of the molecule is Oc1cccc(CN2CCCC(CCc3ccc(F)c(F)c3)C2)c1. The summed E-state index contributed by atoms with van der Waals surface area (Å²) in [5, 5.41) is 9.57. The molecule has 1 aliphatic heterocycles. The van der Waals surface area contributed by atoms with Gasteiger partial charge in [0.15, 0.2) is 11.6 Å². The average molecular weight is 331 g/mol. The van der Waals surface area contributed by atoms with Crippen LogP contribution in [0.3, 0.4) is 0 Å². The van der Waals surface area contributed by atoms with E-state index in [1.807, 2.05) is 18.2 Å². The molecule has 2 aromatic rings. The molecule has 2 nitrogen and oxygen atoms in total. The summed E-state index contributed by atoms with van der Waals surface area (Å²) in [5.74, 6) is -0.668. The predicted octanol–water partition coefficient (Wildman–Crippen LogP) is 4.52. The summed E-state index contributed by atoms with van der Waals surface area (Å²) in [4.78, 5) is 2.41. The van der Waals surface area contributed by atoms with Crippen LogP contribution >= 0.6 is 0 Å². The normalized spacial score (nSPS) is 18.7. The Kier molecular flexibility index (Phi) is 5.46. The van der Waals surface area contributed by atoms with Crippen LogP contribution in [0.25, 0.3) is 0 Å². The molecule has 0 bridgehead atoms. The minimum absolute atomic E-state index is 0.305. The number of hydrogen-bond donors (Lipinski definition) is 1. The van der Waals surface area contributed by atoms with Gasteiger partial charge in [0.1, 0.15) is 5.75 Å². The molecular weight excluding hydrogens is 308 g/mol. The zero-order valence-corrected chi connectivity index (χ0v) is 13.7. The highest BCUT2D eigenvalue weighted by atomic mass is 19.2. The number of phenolic OH excluding ortho intramolecular Hbond substituents is 1. The minimum atomic E-state index is -0.784. The molecule has 0 aromatic heterocycles. The number of nitrogens with zero attached hydrogens (tertiary/aromatic N) is 1. The van der Waals surface area contributed by atoms with Crippen molar-refractivity contribution in [3.05, 3.63) is 65.2 Å². The lowest BCUT2D eigenvalue weighted by molar-refractivity contribution is 0.161. The molecule has 0 aliphatic carbocycles. The summed E-state index contributed by atoms with van der Waals surface area (Å²) < 4.78 is 26.3. The summed E-state index contributed by atoms with van der Waals surface area (Å²) in [6, 6.07) is 11.6. The van der Waals surface area contributed by atoms with E-state index in [2.05, 4.69) is 4.90 Å². The number of hydrogen-bond acceptors (Lipinski definition) is 2. The van der Waals surface area contributed by atoms with E-state index in [1.165, 1.54) is 18.6 Å². The zero-order chi connectivity index (χ0) is 16.9. The van der Waals surface area contributed by atoms with Crippen molar-refractivity contribution in [1.29, 1.82) is 0 Å². The summed E-state index contributed by atoms with van der Waals surface area (Å²) in [6.45, 7) is 2.92. The van der Waals surface area contributed by atoms with E-state index < -0.39 is 11.6 Å². The van der Waals surface area contributed by atoms with Crippen LogP contribution in [0.4, 0.5) is 8.78 Å². The molecule has 1 atom stereocenters. The fraction of sp³-hybridized carbons (Fsp3) is 0.400. The lowest BCUT2D eigenvalue weighted by Crippen LogP contribution is -2.35. The molecule has 2 aromatic carbocycles. The Morgan fingerprint density at radius 1 is 1.04 bits per heavy atom. The van der Waals surface area contributed by atoms with Crippen molar-refractivity contribution in [3.8, 4) is 5.75 Å². The van der Waals surface area contributed by atoms with Crippen LogP contribution in [-0.2, 0) is 13.0 Å². The Hall–Kier alpha value is -1.94. The third-order valence-electron chi connectivity index (χ3n) is 4.75. The quantitative estimate of drug-likeness (QED) is 0.871. The van der Waals surface area contributed by atoms with Gasteiger partial charge in [0.05, 0.1) is 0 Å². The molecule has 1 heterocycles. The summed E-state index contributed by atoms with van der Waals surface area (Å²) in [6.07, 6.45) is 4.10. The number of phenols is 1. The average Bonchev–Trinajstić information content (AvgIpc) is 2.56. The van der Waals surface area contributed by atoms with Crippen molar-refractivity contribution < 1.29 is 13.9 Å².